The first-order valence-corrected chi connectivity index (χ1v) is 7.52. The fraction of sp³-hybridized carbons (Fsp3) is 0.929. The quantitative estimate of drug-likeness (QED) is 0.765. The lowest BCUT2D eigenvalue weighted by Crippen LogP contribution is -2.49. The molecule has 2 aliphatic rings. The summed E-state index contributed by atoms with van der Waals surface area (Å²) >= 11 is 0. The molecule has 0 bridgehead atoms. The van der Waals surface area contributed by atoms with E-state index in [4.69, 9.17) is 10.5 Å². The number of carbonyl (C=O) groups is 1. The molecule has 0 spiro atoms. The van der Waals surface area contributed by atoms with Crippen LogP contribution in [-0.4, -0.2) is 56.2 Å². The first kappa shape index (κ1) is 14.8. The average molecular weight is 269 g/mol. The van der Waals surface area contributed by atoms with Gasteiger partial charge in [-0.3, -0.25) is 9.69 Å². The minimum atomic E-state index is 0.00781. The lowest BCUT2D eigenvalue weighted by Gasteiger charge is -2.33. The summed E-state index contributed by atoms with van der Waals surface area (Å²) < 4.78 is 5.30. The van der Waals surface area contributed by atoms with Crippen LogP contribution in [0.1, 0.15) is 26.2 Å². The highest BCUT2D eigenvalue weighted by Crippen LogP contribution is 2.27. The number of nitrogens with two attached hydrogens (primary N) is 1. The molecule has 1 amide bonds. The second-order valence-electron chi connectivity index (χ2n) is 5.84. The molecule has 1 heterocycles. The van der Waals surface area contributed by atoms with Crippen molar-refractivity contribution in [2.45, 2.75) is 32.2 Å². The molecule has 19 heavy (non-hydrogen) atoms. The summed E-state index contributed by atoms with van der Waals surface area (Å²) in [7, 11) is 0. The van der Waals surface area contributed by atoms with Crippen molar-refractivity contribution >= 4 is 5.91 Å². The van der Waals surface area contributed by atoms with Crippen molar-refractivity contribution in [2.24, 2.45) is 17.6 Å². The molecule has 2 fully saturated rings. The van der Waals surface area contributed by atoms with Crippen molar-refractivity contribution in [1.29, 1.82) is 0 Å². The first-order chi connectivity index (χ1) is 9.18. The Labute approximate surface area is 115 Å². The van der Waals surface area contributed by atoms with Gasteiger partial charge in [0.25, 0.3) is 0 Å². The molecular weight excluding hydrogens is 242 g/mol. The minimum absolute atomic E-state index is 0.00781. The molecule has 2 rings (SSSR count). The van der Waals surface area contributed by atoms with Gasteiger partial charge in [-0.25, -0.2) is 0 Å². The van der Waals surface area contributed by atoms with Gasteiger partial charge in [-0.05, 0) is 18.8 Å². The van der Waals surface area contributed by atoms with E-state index in [0.717, 1.165) is 58.7 Å². The maximum absolute atomic E-state index is 12.2. The van der Waals surface area contributed by atoms with E-state index in [2.05, 4.69) is 17.1 Å². The highest BCUT2D eigenvalue weighted by Gasteiger charge is 2.32. The lowest BCUT2D eigenvalue weighted by atomic mass is 9.78. The van der Waals surface area contributed by atoms with Crippen molar-refractivity contribution in [3.05, 3.63) is 0 Å². The Balaban J connectivity index is 1.68. The van der Waals surface area contributed by atoms with Crippen molar-refractivity contribution < 1.29 is 9.53 Å². The predicted molar refractivity (Wildman–Crippen MR) is 74.7 cm³/mol. The van der Waals surface area contributed by atoms with Gasteiger partial charge in [0.15, 0.2) is 0 Å². The maximum atomic E-state index is 12.2. The van der Waals surface area contributed by atoms with Crippen LogP contribution in [0.5, 0.6) is 0 Å². The van der Waals surface area contributed by atoms with E-state index in [1.54, 1.807) is 0 Å². The standard InChI is InChI=1S/C14H27N3O2/c1-11-3-2-4-12(13(11)15)14(18)16-5-6-17-7-9-19-10-8-17/h11-13H,2-10,15H2,1H3,(H,16,18). The zero-order valence-corrected chi connectivity index (χ0v) is 11.9. The average Bonchev–Trinajstić information content (AvgIpc) is 2.43. The van der Waals surface area contributed by atoms with Crippen molar-refractivity contribution in [3.63, 3.8) is 0 Å². The number of amides is 1. The largest absolute Gasteiger partial charge is 0.379 e. The van der Waals surface area contributed by atoms with E-state index >= 15 is 0 Å². The Bertz CT molecular complexity index is 292. The van der Waals surface area contributed by atoms with E-state index in [0.29, 0.717) is 5.92 Å². The molecule has 5 nitrogen and oxygen atoms in total. The Hall–Kier alpha value is -0.650. The van der Waals surface area contributed by atoms with Gasteiger partial charge in [0.2, 0.25) is 5.91 Å². The van der Waals surface area contributed by atoms with Crippen molar-refractivity contribution in [1.82, 2.24) is 10.2 Å². The number of morpholine rings is 1. The van der Waals surface area contributed by atoms with Gasteiger partial charge in [0.05, 0.1) is 19.1 Å². The molecule has 5 heteroatoms. The summed E-state index contributed by atoms with van der Waals surface area (Å²) in [5.41, 5.74) is 6.15. The van der Waals surface area contributed by atoms with Gasteiger partial charge in [-0.2, -0.15) is 0 Å². The van der Waals surface area contributed by atoms with Gasteiger partial charge in [-0.15, -0.1) is 0 Å². The number of carbonyl (C=O) groups excluding carboxylic acids is 1. The van der Waals surface area contributed by atoms with Crippen LogP contribution >= 0.6 is 0 Å². The van der Waals surface area contributed by atoms with E-state index in [9.17, 15) is 4.79 Å². The molecule has 0 aromatic heterocycles. The van der Waals surface area contributed by atoms with Gasteiger partial charge < -0.3 is 15.8 Å². The maximum Gasteiger partial charge on any atom is 0.224 e. The van der Waals surface area contributed by atoms with Crippen LogP contribution in [0.15, 0.2) is 0 Å². The number of nitrogens with zero attached hydrogens (tertiary/aromatic N) is 1. The fourth-order valence-electron chi connectivity index (χ4n) is 3.04. The van der Waals surface area contributed by atoms with Crippen molar-refractivity contribution in [3.8, 4) is 0 Å². The molecule has 3 unspecified atom stereocenters. The SMILES string of the molecule is CC1CCCC(C(=O)NCCN2CCOCC2)C1N. The van der Waals surface area contributed by atoms with E-state index in [-0.39, 0.29) is 17.9 Å². The molecule has 0 aromatic rings. The molecule has 3 N–H and O–H groups in total. The third-order valence-corrected chi connectivity index (χ3v) is 4.46. The van der Waals surface area contributed by atoms with Crippen LogP contribution in [0.4, 0.5) is 0 Å². The fourth-order valence-corrected chi connectivity index (χ4v) is 3.04. The third-order valence-electron chi connectivity index (χ3n) is 4.46. The van der Waals surface area contributed by atoms with E-state index < -0.39 is 0 Å². The van der Waals surface area contributed by atoms with Crippen LogP contribution in [0.3, 0.4) is 0 Å². The van der Waals surface area contributed by atoms with Gasteiger partial charge in [-0.1, -0.05) is 13.3 Å². The summed E-state index contributed by atoms with van der Waals surface area (Å²) in [6, 6.07) is 0.0251. The summed E-state index contributed by atoms with van der Waals surface area (Å²) in [5.74, 6) is 0.615. The second-order valence-corrected chi connectivity index (χ2v) is 5.84. The molecule has 1 aliphatic heterocycles. The van der Waals surface area contributed by atoms with Crippen LogP contribution in [0.2, 0.25) is 0 Å². The molecule has 1 saturated carbocycles. The minimum Gasteiger partial charge on any atom is -0.379 e. The predicted octanol–water partition coefficient (Wildman–Crippen LogP) is 0.198. The Morgan fingerprint density at radius 1 is 1.37 bits per heavy atom. The smallest absolute Gasteiger partial charge is 0.224 e. The molecule has 3 atom stereocenters. The van der Waals surface area contributed by atoms with Crippen LogP contribution in [0.25, 0.3) is 0 Å². The first-order valence-electron chi connectivity index (χ1n) is 7.52. The molecule has 110 valence electrons. The molecule has 0 aromatic carbocycles. The van der Waals surface area contributed by atoms with Gasteiger partial charge in [0.1, 0.15) is 0 Å². The number of hydrogen-bond donors (Lipinski definition) is 2. The Morgan fingerprint density at radius 2 is 2.11 bits per heavy atom. The van der Waals surface area contributed by atoms with E-state index in [1.807, 2.05) is 0 Å². The summed E-state index contributed by atoms with van der Waals surface area (Å²) in [5, 5.41) is 3.05. The van der Waals surface area contributed by atoms with Gasteiger partial charge in [0, 0.05) is 32.2 Å². The summed E-state index contributed by atoms with van der Waals surface area (Å²) in [6.07, 6.45) is 3.21. The Kier molecular flexibility index (Phi) is 5.60. The second kappa shape index (κ2) is 7.22. The highest BCUT2D eigenvalue weighted by molar-refractivity contribution is 5.79. The topological polar surface area (TPSA) is 67.6 Å². The number of nitrogens with one attached hydrogen (secondary N) is 1. The van der Waals surface area contributed by atoms with Crippen LogP contribution in [0, 0.1) is 11.8 Å². The zero-order valence-electron chi connectivity index (χ0n) is 11.9. The number of rotatable bonds is 4. The molecule has 1 aliphatic carbocycles. The van der Waals surface area contributed by atoms with Gasteiger partial charge >= 0.3 is 0 Å². The monoisotopic (exact) mass is 269 g/mol. The lowest BCUT2D eigenvalue weighted by molar-refractivity contribution is -0.127. The number of ether oxygens (including phenoxy) is 1. The summed E-state index contributed by atoms with van der Waals surface area (Å²) in [4.78, 5) is 14.5. The van der Waals surface area contributed by atoms with Crippen LogP contribution in [-0.2, 0) is 9.53 Å². The normalized spacial score (nSPS) is 33.1. The Morgan fingerprint density at radius 3 is 2.84 bits per heavy atom. The zero-order chi connectivity index (χ0) is 13.7. The molecule has 1 saturated heterocycles. The highest BCUT2D eigenvalue weighted by atomic mass is 16.5. The van der Waals surface area contributed by atoms with Crippen LogP contribution < -0.4 is 11.1 Å². The summed E-state index contributed by atoms with van der Waals surface area (Å²) in [6.45, 7) is 7.32. The number of hydrogen-bond acceptors (Lipinski definition) is 4. The molecule has 0 radical (unpaired) electrons. The van der Waals surface area contributed by atoms with Crippen molar-refractivity contribution in [2.75, 3.05) is 39.4 Å². The third kappa shape index (κ3) is 4.16. The van der Waals surface area contributed by atoms with E-state index in [1.165, 1.54) is 0 Å². The molecular formula is C14H27N3O2.